The largest absolute Gasteiger partial charge is 0.393 e. The number of amides is 1. The van der Waals surface area contributed by atoms with E-state index in [2.05, 4.69) is 63.9 Å². The smallest absolute Gasteiger partial charge is 0.221 e. The third-order valence-electron chi connectivity index (χ3n) is 6.01. The maximum absolute atomic E-state index is 12.4. The second kappa shape index (κ2) is 19.8. The molecule has 2 N–H and O–H groups in total. The number of nitrogens with zero attached hydrogens (tertiary/aromatic N) is 1. The number of rotatable bonds is 20. The highest BCUT2D eigenvalue weighted by atomic mass is 16.3. The van der Waals surface area contributed by atoms with Crippen LogP contribution in [0.15, 0.2) is 12.2 Å². The molecule has 184 valence electrons. The molecule has 4 nitrogen and oxygen atoms in total. The number of nitrogens with one attached hydrogen (secondary N) is 1. The van der Waals surface area contributed by atoms with E-state index in [9.17, 15) is 9.90 Å². The van der Waals surface area contributed by atoms with Crippen molar-refractivity contribution >= 4 is 5.91 Å². The molecule has 1 amide bonds. The number of carbonyl (C=O) groups excluding carboxylic acids is 1. The summed E-state index contributed by atoms with van der Waals surface area (Å²) >= 11 is 0. The summed E-state index contributed by atoms with van der Waals surface area (Å²) in [5.74, 6) is 0.189. The molecule has 1 unspecified atom stereocenters. The maximum atomic E-state index is 12.4. The van der Waals surface area contributed by atoms with Gasteiger partial charge in [0.05, 0.1) is 12.3 Å². The lowest BCUT2D eigenvalue weighted by atomic mass is 10.1. The van der Waals surface area contributed by atoms with Crippen molar-refractivity contribution in [3.63, 3.8) is 0 Å². The normalized spacial score (nSPS) is 14.1. The standard InChI is InChI=1S/C27H54N2O2/c1-7-9-10-17-20-25(30)21-18-15-13-11-12-14-16-19-22-27(31)28-26(8-2)29(23(3)4)24(5)6/h15,18,23-26,30H,7-14,16-17,19-22H2,1-6H3,(H,28,31)/t25-,26?/m1/s1. The molecular formula is C27H54N2O2. The minimum atomic E-state index is -0.167. The van der Waals surface area contributed by atoms with Crippen LogP contribution in [0.1, 0.15) is 131 Å². The van der Waals surface area contributed by atoms with Crippen LogP contribution in [0.4, 0.5) is 0 Å². The second-order valence-corrected chi connectivity index (χ2v) is 9.64. The number of unbranched alkanes of at least 4 members (excludes halogenated alkanes) is 8. The van der Waals surface area contributed by atoms with Gasteiger partial charge in [-0.3, -0.25) is 9.69 Å². The summed E-state index contributed by atoms with van der Waals surface area (Å²) in [5, 5.41) is 13.2. The van der Waals surface area contributed by atoms with E-state index in [1.807, 2.05) is 0 Å². The zero-order valence-corrected chi connectivity index (χ0v) is 21.7. The summed E-state index contributed by atoms with van der Waals surface area (Å²) < 4.78 is 0. The number of allylic oxidation sites excluding steroid dienone is 1. The summed E-state index contributed by atoms with van der Waals surface area (Å²) in [6, 6.07) is 0.849. The molecule has 0 saturated heterocycles. The second-order valence-electron chi connectivity index (χ2n) is 9.64. The van der Waals surface area contributed by atoms with Gasteiger partial charge in [-0.05, 0) is 66.2 Å². The Kier molecular flexibility index (Phi) is 19.2. The summed E-state index contributed by atoms with van der Waals surface area (Å²) in [6.07, 6.45) is 19.4. The average Bonchev–Trinajstić information content (AvgIpc) is 2.71. The minimum Gasteiger partial charge on any atom is -0.393 e. The summed E-state index contributed by atoms with van der Waals surface area (Å²) in [6.45, 7) is 13.1. The lowest BCUT2D eigenvalue weighted by Crippen LogP contribution is -2.53. The van der Waals surface area contributed by atoms with Crippen molar-refractivity contribution in [1.82, 2.24) is 10.2 Å². The molecule has 0 aliphatic carbocycles. The summed E-state index contributed by atoms with van der Waals surface area (Å²) in [4.78, 5) is 14.7. The van der Waals surface area contributed by atoms with Crippen molar-refractivity contribution in [2.45, 2.75) is 156 Å². The number of aliphatic hydroxyl groups excluding tert-OH is 1. The van der Waals surface area contributed by atoms with Crippen molar-refractivity contribution in [2.24, 2.45) is 0 Å². The van der Waals surface area contributed by atoms with E-state index in [0.717, 1.165) is 44.9 Å². The van der Waals surface area contributed by atoms with Crippen LogP contribution in [0.2, 0.25) is 0 Å². The first-order valence-electron chi connectivity index (χ1n) is 13.2. The van der Waals surface area contributed by atoms with Gasteiger partial charge in [-0.25, -0.2) is 0 Å². The van der Waals surface area contributed by atoms with E-state index in [1.54, 1.807) is 0 Å². The van der Waals surface area contributed by atoms with Gasteiger partial charge < -0.3 is 10.4 Å². The van der Waals surface area contributed by atoms with Crippen molar-refractivity contribution < 1.29 is 9.90 Å². The van der Waals surface area contributed by atoms with Crippen molar-refractivity contribution in [1.29, 1.82) is 0 Å². The predicted octanol–water partition coefficient (Wildman–Crippen LogP) is 6.97. The quantitative estimate of drug-likeness (QED) is 0.123. The lowest BCUT2D eigenvalue weighted by Gasteiger charge is -2.38. The van der Waals surface area contributed by atoms with Crippen LogP contribution in [-0.2, 0) is 4.79 Å². The number of hydrogen-bond donors (Lipinski definition) is 2. The highest BCUT2D eigenvalue weighted by Gasteiger charge is 2.23. The highest BCUT2D eigenvalue weighted by molar-refractivity contribution is 5.76. The number of hydrogen-bond acceptors (Lipinski definition) is 3. The van der Waals surface area contributed by atoms with Crippen LogP contribution in [0, 0.1) is 0 Å². The van der Waals surface area contributed by atoms with E-state index in [4.69, 9.17) is 0 Å². The Bertz CT molecular complexity index is 441. The number of carbonyl (C=O) groups is 1. The fourth-order valence-electron chi connectivity index (χ4n) is 4.34. The molecular weight excluding hydrogens is 384 g/mol. The molecule has 0 aromatic heterocycles. The van der Waals surface area contributed by atoms with Crippen LogP contribution in [0.5, 0.6) is 0 Å². The van der Waals surface area contributed by atoms with E-state index in [0.29, 0.717) is 18.5 Å². The zero-order chi connectivity index (χ0) is 23.5. The molecule has 0 heterocycles. The van der Waals surface area contributed by atoms with Gasteiger partial charge in [0.2, 0.25) is 5.91 Å². The van der Waals surface area contributed by atoms with Crippen molar-refractivity contribution in [2.75, 3.05) is 0 Å². The summed E-state index contributed by atoms with van der Waals surface area (Å²) in [7, 11) is 0. The van der Waals surface area contributed by atoms with E-state index < -0.39 is 0 Å². The van der Waals surface area contributed by atoms with Gasteiger partial charge in [0.25, 0.3) is 0 Å². The van der Waals surface area contributed by atoms with E-state index in [-0.39, 0.29) is 18.2 Å². The van der Waals surface area contributed by atoms with Crippen LogP contribution < -0.4 is 5.32 Å². The fraction of sp³-hybridized carbons (Fsp3) is 0.889. The molecule has 0 saturated carbocycles. The Hall–Kier alpha value is -0.870. The molecule has 4 heteroatoms. The lowest BCUT2D eigenvalue weighted by molar-refractivity contribution is -0.123. The topological polar surface area (TPSA) is 52.6 Å². The third-order valence-corrected chi connectivity index (χ3v) is 6.01. The Morgan fingerprint density at radius 1 is 0.871 bits per heavy atom. The van der Waals surface area contributed by atoms with Crippen LogP contribution in [-0.4, -0.2) is 40.3 Å². The third kappa shape index (κ3) is 16.4. The van der Waals surface area contributed by atoms with Gasteiger partial charge in [-0.1, -0.05) is 70.9 Å². The fourth-order valence-corrected chi connectivity index (χ4v) is 4.34. The molecule has 0 aromatic rings. The molecule has 2 atom stereocenters. The molecule has 0 bridgehead atoms. The Balaban J connectivity index is 3.76. The van der Waals surface area contributed by atoms with Crippen LogP contribution in [0.3, 0.4) is 0 Å². The molecule has 0 fully saturated rings. The molecule has 0 radical (unpaired) electrons. The van der Waals surface area contributed by atoms with Crippen LogP contribution >= 0.6 is 0 Å². The van der Waals surface area contributed by atoms with E-state index in [1.165, 1.54) is 38.5 Å². The first-order valence-corrected chi connectivity index (χ1v) is 13.2. The Labute approximate surface area is 194 Å². The Morgan fingerprint density at radius 3 is 2.10 bits per heavy atom. The SMILES string of the molecule is CCCCCC[C@@H](O)CC=CCCCCCCCC(=O)NC(CC)N(C(C)C)C(C)C. The van der Waals surface area contributed by atoms with Gasteiger partial charge in [-0.15, -0.1) is 0 Å². The van der Waals surface area contributed by atoms with Gasteiger partial charge in [0.15, 0.2) is 0 Å². The molecule has 0 rings (SSSR count). The maximum Gasteiger partial charge on any atom is 0.221 e. The average molecular weight is 439 g/mol. The van der Waals surface area contributed by atoms with Crippen molar-refractivity contribution in [3.8, 4) is 0 Å². The first-order chi connectivity index (χ1) is 14.8. The van der Waals surface area contributed by atoms with Gasteiger partial charge in [0.1, 0.15) is 0 Å². The predicted molar refractivity (Wildman–Crippen MR) is 135 cm³/mol. The van der Waals surface area contributed by atoms with Gasteiger partial charge in [-0.2, -0.15) is 0 Å². The Morgan fingerprint density at radius 2 is 1.48 bits per heavy atom. The monoisotopic (exact) mass is 438 g/mol. The molecule has 0 aliphatic rings. The summed E-state index contributed by atoms with van der Waals surface area (Å²) in [5.41, 5.74) is 0. The van der Waals surface area contributed by atoms with Crippen molar-refractivity contribution in [3.05, 3.63) is 12.2 Å². The number of aliphatic hydroxyl groups is 1. The highest BCUT2D eigenvalue weighted by Crippen LogP contribution is 2.13. The molecule has 0 aromatic carbocycles. The molecule has 0 spiro atoms. The molecule has 0 aliphatic heterocycles. The van der Waals surface area contributed by atoms with Gasteiger partial charge in [0, 0.05) is 18.5 Å². The van der Waals surface area contributed by atoms with E-state index >= 15 is 0 Å². The zero-order valence-electron chi connectivity index (χ0n) is 21.7. The van der Waals surface area contributed by atoms with Crippen LogP contribution in [0.25, 0.3) is 0 Å². The first kappa shape index (κ1) is 30.1. The van der Waals surface area contributed by atoms with Gasteiger partial charge >= 0.3 is 0 Å². The molecule has 31 heavy (non-hydrogen) atoms. The minimum absolute atomic E-state index is 0.133.